The smallest absolute Gasteiger partial charge is 0.0940 e. The Labute approximate surface area is 75.3 Å². The highest BCUT2D eigenvalue weighted by Gasteiger charge is 2.23. The lowest BCUT2D eigenvalue weighted by atomic mass is 10.2. The second-order valence-electron chi connectivity index (χ2n) is 3.90. The van der Waals surface area contributed by atoms with Crippen LogP contribution < -0.4 is 5.73 Å². The van der Waals surface area contributed by atoms with Gasteiger partial charge in [0.1, 0.15) is 0 Å². The summed E-state index contributed by atoms with van der Waals surface area (Å²) in [5.41, 5.74) is 5.73. The minimum Gasteiger partial charge on any atom is -0.387 e. The maximum atomic E-state index is 5.73. The molecular formula is C10H20N2. The van der Waals surface area contributed by atoms with Crippen molar-refractivity contribution in [1.29, 1.82) is 0 Å². The summed E-state index contributed by atoms with van der Waals surface area (Å²) < 4.78 is 0. The second kappa shape index (κ2) is 4.48. The number of hydrogen-bond acceptors (Lipinski definition) is 1. The summed E-state index contributed by atoms with van der Waals surface area (Å²) in [5, 5.41) is 0. The average Bonchev–Trinajstić information content (AvgIpc) is 2.71. The van der Waals surface area contributed by atoms with Crippen LogP contribution in [0.5, 0.6) is 0 Å². The van der Waals surface area contributed by atoms with E-state index in [2.05, 4.69) is 18.8 Å². The van der Waals surface area contributed by atoms with Gasteiger partial charge in [0.2, 0.25) is 0 Å². The molecule has 1 fully saturated rings. The molecule has 2 heteroatoms. The molecule has 0 aromatic rings. The van der Waals surface area contributed by atoms with Gasteiger partial charge < -0.3 is 5.73 Å². The Bertz CT molecular complexity index is 159. The van der Waals surface area contributed by atoms with Crippen LogP contribution in [-0.4, -0.2) is 11.9 Å². The van der Waals surface area contributed by atoms with Gasteiger partial charge in [0, 0.05) is 12.5 Å². The van der Waals surface area contributed by atoms with Crippen molar-refractivity contribution in [2.45, 2.75) is 52.0 Å². The van der Waals surface area contributed by atoms with Crippen LogP contribution in [0.25, 0.3) is 0 Å². The van der Waals surface area contributed by atoms with Crippen LogP contribution in [-0.2, 0) is 0 Å². The van der Waals surface area contributed by atoms with Crippen molar-refractivity contribution < 1.29 is 0 Å². The molecule has 0 amide bonds. The molecule has 1 unspecified atom stereocenters. The fraction of sp³-hybridized carbons (Fsp3) is 0.900. The van der Waals surface area contributed by atoms with Crippen molar-refractivity contribution in [3.8, 4) is 0 Å². The number of rotatable bonds is 5. The van der Waals surface area contributed by atoms with Gasteiger partial charge in [0.25, 0.3) is 0 Å². The Morgan fingerprint density at radius 2 is 2.25 bits per heavy atom. The van der Waals surface area contributed by atoms with E-state index in [1.54, 1.807) is 0 Å². The molecule has 1 aliphatic carbocycles. The Hall–Kier alpha value is -0.530. The summed E-state index contributed by atoms with van der Waals surface area (Å²) >= 11 is 0. The normalized spacial score (nSPS) is 21.0. The molecule has 1 saturated carbocycles. The first kappa shape index (κ1) is 9.56. The van der Waals surface area contributed by atoms with Gasteiger partial charge in [0.05, 0.1) is 5.84 Å². The minimum atomic E-state index is 0.448. The SMILES string of the molecule is CCCC(N)=NC(C)CC1CC1. The van der Waals surface area contributed by atoms with E-state index in [9.17, 15) is 0 Å². The summed E-state index contributed by atoms with van der Waals surface area (Å²) in [4.78, 5) is 4.44. The molecule has 0 saturated heterocycles. The molecule has 1 rings (SSSR count). The van der Waals surface area contributed by atoms with Gasteiger partial charge in [-0.2, -0.15) is 0 Å². The molecule has 0 heterocycles. The topological polar surface area (TPSA) is 38.4 Å². The monoisotopic (exact) mass is 168 g/mol. The highest BCUT2D eigenvalue weighted by Crippen LogP contribution is 2.34. The van der Waals surface area contributed by atoms with Crippen LogP contribution in [0.2, 0.25) is 0 Å². The first-order valence-corrected chi connectivity index (χ1v) is 5.04. The summed E-state index contributed by atoms with van der Waals surface area (Å²) in [6.45, 7) is 4.30. The van der Waals surface area contributed by atoms with Crippen molar-refractivity contribution in [1.82, 2.24) is 0 Å². The lowest BCUT2D eigenvalue weighted by molar-refractivity contribution is 0.610. The molecule has 0 spiro atoms. The molecule has 0 aromatic carbocycles. The Morgan fingerprint density at radius 3 is 2.75 bits per heavy atom. The van der Waals surface area contributed by atoms with Crippen LogP contribution in [0.1, 0.15) is 46.0 Å². The highest BCUT2D eigenvalue weighted by molar-refractivity contribution is 5.80. The van der Waals surface area contributed by atoms with Crippen LogP contribution in [0.4, 0.5) is 0 Å². The Kier molecular flexibility index (Phi) is 3.57. The summed E-state index contributed by atoms with van der Waals surface area (Å²) in [6.07, 6.45) is 6.12. The number of nitrogens with two attached hydrogens (primary N) is 1. The van der Waals surface area contributed by atoms with Crippen molar-refractivity contribution in [2.24, 2.45) is 16.6 Å². The third-order valence-corrected chi connectivity index (χ3v) is 2.26. The fourth-order valence-corrected chi connectivity index (χ4v) is 1.49. The summed E-state index contributed by atoms with van der Waals surface area (Å²) in [7, 11) is 0. The van der Waals surface area contributed by atoms with E-state index in [-0.39, 0.29) is 0 Å². The van der Waals surface area contributed by atoms with Crippen LogP contribution >= 0.6 is 0 Å². The predicted molar refractivity (Wildman–Crippen MR) is 53.3 cm³/mol. The molecule has 1 aliphatic rings. The van der Waals surface area contributed by atoms with E-state index < -0.39 is 0 Å². The summed E-state index contributed by atoms with van der Waals surface area (Å²) in [5.74, 6) is 1.80. The standard InChI is InChI=1S/C10H20N2/c1-3-4-10(11)12-8(2)7-9-5-6-9/h8-9H,3-7H2,1-2H3,(H2,11,12). The van der Waals surface area contributed by atoms with E-state index in [4.69, 9.17) is 5.73 Å². The van der Waals surface area contributed by atoms with Crippen molar-refractivity contribution >= 4 is 5.84 Å². The zero-order valence-electron chi connectivity index (χ0n) is 8.21. The van der Waals surface area contributed by atoms with Gasteiger partial charge in [-0.15, -0.1) is 0 Å². The van der Waals surface area contributed by atoms with Crippen LogP contribution in [0, 0.1) is 5.92 Å². The van der Waals surface area contributed by atoms with Crippen LogP contribution in [0.15, 0.2) is 4.99 Å². The molecule has 2 nitrogen and oxygen atoms in total. The van der Waals surface area contributed by atoms with E-state index in [0.29, 0.717) is 6.04 Å². The lowest BCUT2D eigenvalue weighted by Crippen LogP contribution is -2.15. The van der Waals surface area contributed by atoms with Gasteiger partial charge >= 0.3 is 0 Å². The number of amidine groups is 1. The molecule has 12 heavy (non-hydrogen) atoms. The number of nitrogens with zero attached hydrogens (tertiary/aromatic N) is 1. The molecule has 0 aromatic heterocycles. The minimum absolute atomic E-state index is 0.448. The van der Waals surface area contributed by atoms with Gasteiger partial charge in [-0.1, -0.05) is 19.8 Å². The van der Waals surface area contributed by atoms with Crippen molar-refractivity contribution in [2.75, 3.05) is 0 Å². The Morgan fingerprint density at radius 1 is 1.58 bits per heavy atom. The first-order chi connectivity index (χ1) is 5.72. The summed E-state index contributed by atoms with van der Waals surface area (Å²) in [6, 6.07) is 0.448. The lowest BCUT2D eigenvalue weighted by Gasteiger charge is -2.06. The Balaban J connectivity index is 2.20. The molecule has 70 valence electrons. The quantitative estimate of drug-likeness (QED) is 0.496. The molecule has 0 bridgehead atoms. The maximum absolute atomic E-state index is 5.73. The number of aliphatic imine (C=N–C) groups is 1. The third kappa shape index (κ3) is 3.74. The van der Waals surface area contributed by atoms with Crippen molar-refractivity contribution in [3.05, 3.63) is 0 Å². The molecule has 0 radical (unpaired) electrons. The van der Waals surface area contributed by atoms with E-state index >= 15 is 0 Å². The van der Waals surface area contributed by atoms with E-state index in [1.165, 1.54) is 19.3 Å². The highest BCUT2D eigenvalue weighted by atomic mass is 14.9. The van der Waals surface area contributed by atoms with Gasteiger partial charge in [0.15, 0.2) is 0 Å². The largest absolute Gasteiger partial charge is 0.387 e. The van der Waals surface area contributed by atoms with Crippen LogP contribution in [0.3, 0.4) is 0 Å². The van der Waals surface area contributed by atoms with Gasteiger partial charge in [-0.25, -0.2) is 0 Å². The zero-order valence-corrected chi connectivity index (χ0v) is 8.21. The second-order valence-corrected chi connectivity index (χ2v) is 3.90. The van der Waals surface area contributed by atoms with E-state index in [1.807, 2.05) is 0 Å². The van der Waals surface area contributed by atoms with E-state index in [0.717, 1.165) is 24.6 Å². The van der Waals surface area contributed by atoms with Crippen molar-refractivity contribution in [3.63, 3.8) is 0 Å². The molecule has 1 atom stereocenters. The van der Waals surface area contributed by atoms with Gasteiger partial charge in [-0.05, 0) is 25.7 Å². The van der Waals surface area contributed by atoms with Gasteiger partial charge in [-0.3, -0.25) is 4.99 Å². The maximum Gasteiger partial charge on any atom is 0.0940 e. The zero-order chi connectivity index (χ0) is 8.97. The molecular weight excluding hydrogens is 148 g/mol. The predicted octanol–water partition coefficient (Wildman–Crippen LogP) is 2.33. The first-order valence-electron chi connectivity index (χ1n) is 5.04. The fourth-order valence-electron chi connectivity index (χ4n) is 1.49. The molecule has 2 N–H and O–H groups in total. The number of hydrogen-bond donors (Lipinski definition) is 1. The third-order valence-electron chi connectivity index (χ3n) is 2.26. The molecule has 0 aliphatic heterocycles. The average molecular weight is 168 g/mol.